The molecule has 0 bridgehead atoms. The molecule has 0 unspecified atom stereocenters. The molecule has 21 heavy (non-hydrogen) atoms. The van der Waals surface area contributed by atoms with E-state index < -0.39 is 15.9 Å². The summed E-state index contributed by atoms with van der Waals surface area (Å²) in [7, 11) is -4.01. The molecule has 0 fully saturated rings. The molecule has 0 spiro atoms. The molecule has 0 amide bonds. The summed E-state index contributed by atoms with van der Waals surface area (Å²) in [5, 5.41) is 10.3. The number of aromatic nitrogens is 3. The van der Waals surface area contributed by atoms with E-state index in [1.165, 1.54) is 4.80 Å². The van der Waals surface area contributed by atoms with Crippen molar-refractivity contribution in [3.63, 3.8) is 0 Å². The third kappa shape index (κ3) is 3.09. The van der Waals surface area contributed by atoms with Gasteiger partial charge in [-0.1, -0.05) is 36.4 Å². The Balaban J connectivity index is 1.95. The molecule has 0 atom stereocenters. The topological polar surface area (TPSA) is 85.1 Å². The fourth-order valence-electron chi connectivity index (χ4n) is 2.09. The molecule has 0 aliphatic heterocycles. The normalized spacial score (nSPS) is 11.9. The van der Waals surface area contributed by atoms with E-state index in [9.17, 15) is 8.42 Å². The van der Waals surface area contributed by atoms with Gasteiger partial charge in [0, 0.05) is 11.8 Å². The largest absolute Gasteiger partial charge is 0.286 e. The van der Waals surface area contributed by atoms with Gasteiger partial charge in [-0.3, -0.25) is 4.55 Å². The van der Waals surface area contributed by atoms with E-state index >= 15 is 0 Å². The van der Waals surface area contributed by atoms with Gasteiger partial charge >= 0.3 is 0 Å². The van der Waals surface area contributed by atoms with Gasteiger partial charge in [-0.15, -0.1) is 5.10 Å². The first-order valence-corrected chi connectivity index (χ1v) is 7.91. The number of benzene rings is 2. The summed E-state index contributed by atoms with van der Waals surface area (Å²) in [5.74, 6) is -0.391. The van der Waals surface area contributed by atoms with Crippen molar-refractivity contribution in [1.29, 1.82) is 0 Å². The Morgan fingerprint density at radius 1 is 1.14 bits per heavy atom. The molecule has 107 valence electrons. The van der Waals surface area contributed by atoms with Crippen molar-refractivity contribution in [3.05, 3.63) is 54.4 Å². The Morgan fingerprint density at radius 3 is 2.71 bits per heavy atom. The van der Waals surface area contributed by atoms with Crippen LogP contribution in [-0.2, 0) is 16.5 Å². The van der Waals surface area contributed by atoms with Crippen LogP contribution in [-0.4, -0.2) is 33.7 Å². The van der Waals surface area contributed by atoms with Crippen LogP contribution in [0.2, 0.25) is 0 Å². The zero-order chi connectivity index (χ0) is 14.9. The number of nitrogens with zero attached hydrogens (tertiary/aromatic N) is 3. The minimum atomic E-state index is -4.01. The lowest BCUT2D eigenvalue weighted by Gasteiger charge is -2.04. The second-order valence-corrected chi connectivity index (χ2v) is 6.15. The van der Waals surface area contributed by atoms with Gasteiger partial charge in [0.25, 0.3) is 10.1 Å². The summed E-state index contributed by atoms with van der Waals surface area (Å²) < 4.78 is 30.2. The Kier molecular flexibility index (Phi) is 3.44. The van der Waals surface area contributed by atoms with Gasteiger partial charge in [-0.05, 0) is 11.5 Å². The molecular formula is C14H12N3O3S. The van der Waals surface area contributed by atoms with E-state index in [0.717, 1.165) is 16.5 Å². The molecule has 1 radical (unpaired) electrons. The van der Waals surface area contributed by atoms with Crippen molar-refractivity contribution >= 4 is 20.9 Å². The average Bonchev–Trinajstić information content (AvgIpc) is 2.92. The van der Waals surface area contributed by atoms with E-state index in [1.807, 2.05) is 42.5 Å². The Hall–Kier alpha value is -2.25. The maximum absolute atomic E-state index is 10.7. The number of rotatable bonds is 4. The molecule has 1 N–H and O–H groups in total. The first-order valence-electron chi connectivity index (χ1n) is 6.30. The maximum atomic E-state index is 10.7. The van der Waals surface area contributed by atoms with Crippen LogP contribution in [0.15, 0.2) is 42.5 Å². The van der Waals surface area contributed by atoms with Crippen LogP contribution in [0.3, 0.4) is 0 Å². The molecule has 0 saturated heterocycles. The highest BCUT2D eigenvalue weighted by Crippen LogP contribution is 2.20. The highest BCUT2D eigenvalue weighted by molar-refractivity contribution is 7.85. The Bertz CT molecular complexity index is 882. The van der Waals surface area contributed by atoms with Gasteiger partial charge in [-0.2, -0.15) is 18.3 Å². The monoisotopic (exact) mass is 302 g/mol. The van der Waals surface area contributed by atoms with Crippen molar-refractivity contribution in [2.45, 2.75) is 6.42 Å². The molecule has 0 aliphatic carbocycles. The van der Waals surface area contributed by atoms with Gasteiger partial charge in [-0.25, -0.2) is 0 Å². The summed E-state index contributed by atoms with van der Waals surface area (Å²) in [6.45, 7) is 0. The highest BCUT2D eigenvalue weighted by Gasteiger charge is 2.10. The van der Waals surface area contributed by atoms with Crippen LogP contribution in [0.4, 0.5) is 0 Å². The fraction of sp³-hybridized carbons (Fsp3) is 0.143. The van der Waals surface area contributed by atoms with Crippen molar-refractivity contribution in [1.82, 2.24) is 15.0 Å². The first-order chi connectivity index (χ1) is 10.0. The van der Waals surface area contributed by atoms with E-state index in [1.54, 1.807) is 0 Å². The standard InChI is InChI=1S/C14H12N3O3S/c18-21(19,20)9-8-12-10-15-17(16-12)14-7-3-5-11-4-1-2-6-13(11)14/h1-7H,8-9H2,(H,18,19,20). The first kappa shape index (κ1) is 13.7. The summed E-state index contributed by atoms with van der Waals surface area (Å²) in [6.07, 6.45) is 2.74. The molecule has 3 rings (SSSR count). The predicted octanol–water partition coefficient (Wildman–Crippen LogP) is 1.65. The smallest absolute Gasteiger partial charge is 0.265 e. The van der Waals surface area contributed by atoms with Crippen LogP contribution >= 0.6 is 0 Å². The fourth-order valence-corrected chi connectivity index (χ4v) is 2.54. The molecular weight excluding hydrogens is 290 g/mol. The second kappa shape index (κ2) is 5.27. The minimum absolute atomic E-state index is 0.0730. The third-order valence-electron chi connectivity index (χ3n) is 3.07. The highest BCUT2D eigenvalue weighted by atomic mass is 32.2. The zero-order valence-electron chi connectivity index (χ0n) is 11.0. The molecule has 7 heteroatoms. The van der Waals surface area contributed by atoms with Crippen LogP contribution in [0.1, 0.15) is 5.69 Å². The molecule has 0 aliphatic rings. The third-order valence-corrected chi connectivity index (χ3v) is 3.79. The average molecular weight is 302 g/mol. The van der Waals surface area contributed by atoms with Crippen molar-refractivity contribution < 1.29 is 13.0 Å². The lowest BCUT2D eigenvalue weighted by Crippen LogP contribution is -2.07. The lowest BCUT2D eigenvalue weighted by molar-refractivity contribution is 0.482. The number of aryl methyl sites for hydroxylation is 1. The van der Waals surface area contributed by atoms with Crippen LogP contribution < -0.4 is 0 Å². The summed E-state index contributed by atoms with van der Waals surface area (Å²) in [5.41, 5.74) is 1.18. The van der Waals surface area contributed by atoms with Gasteiger partial charge < -0.3 is 0 Å². The predicted molar refractivity (Wildman–Crippen MR) is 77.8 cm³/mol. The summed E-state index contributed by atoms with van der Waals surface area (Å²) >= 11 is 0. The molecule has 3 aromatic rings. The Morgan fingerprint density at radius 2 is 1.90 bits per heavy atom. The number of hydrogen-bond acceptors (Lipinski definition) is 4. The summed E-state index contributed by atoms with van der Waals surface area (Å²) in [6, 6.07) is 13.6. The molecule has 6 nitrogen and oxygen atoms in total. The van der Waals surface area contributed by atoms with E-state index in [-0.39, 0.29) is 6.42 Å². The van der Waals surface area contributed by atoms with Gasteiger partial charge in [0.1, 0.15) is 6.20 Å². The van der Waals surface area contributed by atoms with Crippen LogP contribution in [0.5, 0.6) is 0 Å². The second-order valence-electron chi connectivity index (χ2n) is 4.58. The zero-order valence-corrected chi connectivity index (χ0v) is 11.8. The van der Waals surface area contributed by atoms with Crippen molar-refractivity contribution in [3.8, 4) is 5.69 Å². The summed E-state index contributed by atoms with van der Waals surface area (Å²) in [4.78, 5) is 1.42. The number of fused-ring (bicyclic) bond motifs is 1. The van der Waals surface area contributed by atoms with Crippen molar-refractivity contribution in [2.24, 2.45) is 0 Å². The van der Waals surface area contributed by atoms with E-state index in [4.69, 9.17) is 4.55 Å². The minimum Gasteiger partial charge on any atom is -0.286 e. The van der Waals surface area contributed by atoms with Gasteiger partial charge in [0.15, 0.2) is 0 Å². The molecule has 2 aromatic carbocycles. The van der Waals surface area contributed by atoms with Crippen LogP contribution in [0.25, 0.3) is 16.5 Å². The quantitative estimate of drug-likeness (QED) is 0.741. The van der Waals surface area contributed by atoms with E-state index in [2.05, 4.69) is 16.4 Å². The lowest BCUT2D eigenvalue weighted by atomic mass is 10.1. The van der Waals surface area contributed by atoms with Gasteiger partial charge in [0.05, 0.1) is 17.1 Å². The molecule has 0 saturated carbocycles. The van der Waals surface area contributed by atoms with Gasteiger partial charge in [0.2, 0.25) is 0 Å². The SMILES string of the molecule is O=S(=O)(O)CCc1[c]nn(-c2cccc3ccccc23)n1. The Labute approximate surface area is 121 Å². The number of hydrogen-bond donors (Lipinski definition) is 1. The molecule has 1 aromatic heterocycles. The van der Waals surface area contributed by atoms with Crippen LogP contribution in [0, 0.1) is 6.20 Å². The molecule has 1 heterocycles. The van der Waals surface area contributed by atoms with Crippen molar-refractivity contribution in [2.75, 3.05) is 5.75 Å². The maximum Gasteiger partial charge on any atom is 0.265 e. The van der Waals surface area contributed by atoms with E-state index in [0.29, 0.717) is 5.69 Å².